The molecule has 0 fully saturated rings. The summed E-state index contributed by atoms with van der Waals surface area (Å²) >= 11 is 0. The molecule has 0 bridgehead atoms. The van der Waals surface area contributed by atoms with E-state index in [1.807, 2.05) is 0 Å². The van der Waals surface area contributed by atoms with Gasteiger partial charge in [-0.2, -0.15) is 0 Å². The van der Waals surface area contributed by atoms with Gasteiger partial charge in [0.2, 0.25) is 5.96 Å². The van der Waals surface area contributed by atoms with Crippen molar-refractivity contribution < 1.29 is 28.7 Å². The molecule has 134 valence electrons. The topological polar surface area (TPSA) is 151 Å². The Labute approximate surface area is 143 Å². The molecule has 0 aliphatic carbocycles. The Hall–Kier alpha value is -1.99. The first-order valence-corrected chi connectivity index (χ1v) is 10.3. The van der Waals surface area contributed by atoms with E-state index in [1.54, 1.807) is 60.7 Å². The van der Waals surface area contributed by atoms with Gasteiger partial charge in [-0.15, -0.1) is 0 Å². The lowest BCUT2D eigenvalue weighted by Crippen LogP contribution is -2.25. The Morgan fingerprint density at radius 3 is 1.44 bits per heavy atom. The van der Waals surface area contributed by atoms with Gasteiger partial charge in [-0.25, -0.2) is 4.99 Å². The predicted octanol–water partition coefficient (Wildman–Crippen LogP) is 2.21. The SMILES string of the molecule is O=P(O)(O)C(N=C(Nc1ccccc1)Nc1ccccc1)P(=O)(O)O. The van der Waals surface area contributed by atoms with Crippen LogP contribution in [0.3, 0.4) is 0 Å². The molecule has 2 aromatic rings. The molecule has 25 heavy (non-hydrogen) atoms. The van der Waals surface area contributed by atoms with Crippen LogP contribution in [0.5, 0.6) is 0 Å². The average Bonchev–Trinajstić information content (AvgIpc) is 2.52. The molecular weight excluding hydrogens is 368 g/mol. The molecule has 6 N–H and O–H groups in total. The minimum atomic E-state index is -5.19. The van der Waals surface area contributed by atoms with Crippen molar-refractivity contribution in [2.24, 2.45) is 4.99 Å². The van der Waals surface area contributed by atoms with Gasteiger partial charge < -0.3 is 30.2 Å². The number of nitrogens with one attached hydrogen (secondary N) is 2. The Bertz CT molecular complexity index is 753. The Morgan fingerprint density at radius 1 is 0.760 bits per heavy atom. The van der Waals surface area contributed by atoms with Crippen LogP contribution in [0.2, 0.25) is 0 Å². The van der Waals surface area contributed by atoms with E-state index >= 15 is 0 Å². The van der Waals surface area contributed by atoms with Crippen molar-refractivity contribution in [2.75, 3.05) is 10.6 Å². The van der Waals surface area contributed by atoms with Crippen LogP contribution in [0.4, 0.5) is 11.4 Å². The summed E-state index contributed by atoms with van der Waals surface area (Å²) in [6.07, 6.45) is 0. The van der Waals surface area contributed by atoms with Crippen LogP contribution in [-0.4, -0.2) is 31.1 Å². The number of aliphatic imine (C=N–C) groups is 1. The maximum absolute atomic E-state index is 11.5. The lowest BCUT2D eigenvalue weighted by atomic mass is 10.3. The third-order valence-corrected chi connectivity index (χ3v) is 6.16. The van der Waals surface area contributed by atoms with Crippen LogP contribution in [0.15, 0.2) is 65.7 Å². The smallest absolute Gasteiger partial charge is 0.326 e. The second-order valence-electron chi connectivity index (χ2n) is 4.98. The van der Waals surface area contributed by atoms with Gasteiger partial charge in [0.25, 0.3) is 5.52 Å². The molecule has 0 heterocycles. The normalized spacial score (nSPS) is 11.9. The molecule has 0 atom stereocenters. The molecule has 0 aliphatic rings. The summed E-state index contributed by atoms with van der Waals surface area (Å²) in [5.41, 5.74) is -1.48. The first-order valence-electron chi connectivity index (χ1n) is 6.98. The van der Waals surface area contributed by atoms with Crippen LogP contribution in [0, 0.1) is 0 Å². The van der Waals surface area contributed by atoms with Gasteiger partial charge in [-0.05, 0) is 24.3 Å². The number of hydrogen-bond donors (Lipinski definition) is 6. The number of rotatable bonds is 5. The van der Waals surface area contributed by atoms with E-state index in [0.717, 1.165) is 0 Å². The zero-order chi connectivity index (χ0) is 18.5. The van der Waals surface area contributed by atoms with E-state index in [-0.39, 0.29) is 5.96 Å². The van der Waals surface area contributed by atoms with E-state index in [2.05, 4.69) is 15.6 Å². The van der Waals surface area contributed by atoms with Crippen molar-refractivity contribution in [1.29, 1.82) is 0 Å². The van der Waals surface area contributed by atoms with E-state index in [1.165, 1.54) is 0 Å². The van der Waals surface area contributed by atoms with Crippen molar-refractivity contribution in [3.8, 4) is 0 Å². The van der Waals surface area contributed by atoms with Crippen LogP contribution in [0.25, 0.3) is 0 Å². The minimum absolute atomic E-state index is 0.214. The summed E-state index contributed by atoms with van der Waals surface area (Å²) in [4.78, 5) is 40.6. The average molecular weight is 385 g/mol. The highest BCUT2D eigenvalue weighted by atomic mass is 31.2. The molecule has 0 amide bonds. The van der Waals surface area contributed by atoms with Gasteiger partial charge in [-0.1, -0.05) is 36.4 Å². The minimum Gasteiger partial charge on any atom is -0.326 e. The molecule has 9 nitrogen and oxygen atoms in total. The summed E-state index contributed by atoms with van der Waals surface area (Å²) in [6, 6.07) is 17.0. The van der Waals surface area contributed by atoms with Crippen molar-refractivity contribution in [1.82, 2.24) is 0 Å². The molecule has 2 rings (SSSR count). The fourth-order valence-corrected chi connectivity index (χ4v) is 3.97. The van der Waals surface area contributed by atoms with E-state index in [4.69, 9.17) is 0 Å². The molecule has 0 radical (unpaired) electrons. The zero-order valence-corrected chi connectivity index (χ0v) is 14.6. The Balaban J connectivity index is 2.41. The fraction of sp³-hybridized carbons (Fsp3) is 0.0714. The number of anilines is 2. The van der Waals surface area contributed by atoms with Crippen molar-refractivity contribution in [3.63, 3.8) is 0 Å². The zero-order valence-electron chi connectivity index (χ0n) is 12.8. The van der Waals surface area contributed by atoms with E-state index in [9.17, 15) is 28.7 Å². The number of para-hydroxylation sites is 2. The van der Waals surface area contributed by atoms with Gasteiger partial charge in [0, 0.05) is 11.4 Å². The third-order valence-electron chi connectivity index (χ3n) is 2.92. The maximum atomic E-state index is 11.5. The largest absolute Gasteiger partial charge is 0.362 e. The first-order chi connectivity index (χ1) is 11.7. The van der Waals surface area contributed by atoms with Gasteiger partial charge in [-0.3, -0.25) is 9.13 Å². The molecule has 0 saturated heterocycles. The summed E-state index contributed by atoms with van der Waals surface area (Å²) in [5, 5.41) is 5.51. The highest BCUT2D eigenvalue weighted by Gasteiger charge is 2.44. The standard InChI is InChI=1S/C14H17N3O6P2/c18-24(19,20)14(25(21,22)23)17-13(15-11-7-3-1-4-8-11)16-12-9-5-2-6-10-12/h1-10,14H,(H2,15,16,17)(H2,18,19,20)(H2,21,22,23). The number of hydrogen-bond acceptors (Lipinski definition) is 3. The summed E-state index contributed by atoms with van der Waals surface area (Å²) in [6.45, 7) is 0. The number of benzene rings is 2. The van der Waals surface area contributed by atoms with Crippen LogP contribution >= 0.6 is 15.2 Å². The van der Waals surface area contributed by atoms with Crippen LogP contribution in [-0.2, 0) is 9.13 Å². The van der Waals surface area contributed by atoms with Crippen molar-refractivity contribution in [3.05, 3.63) is 60.7 Å². The predicted molar refractivity (Wildman–Crippen MR) is 95.4 cm³/mol. The number of nitrogens with zero attached hydrogens (tertiary/aromatic N) is 1. The van der Waals surface area contributed by atoms with E-state index in [0.29, 0.717) is 11.4 Å². The molecule has 11 heteroatoms. The second-order valence-corrected chi connectivity index (χ2v) is 8.73. The van der Waals surface area contributed by atoms with Gasteiger partial charge in [0.05, 0.1) is 0 Å². The molecule has 0 aliphatic heterocycles. The maximum Gasteiger partial charge on any atom is 0.362 e. The highest BCUT2D eigenvalue weighted by Crippen LogP contribution is 2.60. The molecule has 0 saturated carbocycles. The van der Waals surface area contributed by atoms with E-state index < -0.39 is 20.7 Å². The van der Waals surface area contributed by atoms with Crippen LogP contribution < -0.4 is 10.6 Å². The molecule has 0 unspecified atom stereocenters. The fourth-order valence-electron chi connectivity index (χ4n) is 1.87. The van der Waals surface area contributed by atoms with Crippen molar-refractivity contribution >= 4 is 32.5 Å². The Morgan fingerprint density at radius 2 is 1.12 bits per heavy atom. The lowest BCUT2D eigenvalue weighted by molar-refractivity contribution is 0.340. The molecular formula is C14H17N3O6P2. The van der Waals surface area contributed by atoms with Gasteiger partial charge >= 0.3 is 15.2 Å². The Kier molecular flexibility index (Phi) is 6.13. The molecule has 0 aromatic heterocycles. The van der Waals surface area contributed by atoms with Crippen LogP contribution in [0.1, 0.15) is 0 Å². The quantitative estimate of drug-likeness (QED) is 0.260. The summed E-state index contributed by atoms with van der Waals surface area (Å²) in [5.74, 6) is -0.214. The third kappa shape index (κ3) is 6.10. The van der Waals surface area contributed by atoms with Gasteiger partial charge in [0.1, 0.15) is 0 Å². The highest BCUT2D eigenvalue weighted by molar-refractivity contribution is 7.70. The van der Waals surface area contributed by atoms with Gasteiger partial charge in [0.15, 0.2) is 0 Å². The molecule has 0 spiro atoms. The molecule has 2 aromatic carbocycles. The first kappa shape index (κ1) is 19.3. The van der Waals surface area contributed by atoms with Crippen molar-refractivity contribution in [2.45, 2.75) is 5.52 Å². The lowest BCUT2D eigenvalue weighted by Gasteiger charge is -2.19. The monoisotopic (exact) mass is 385 g/mol. The second kappa shape index (κ2) is 7.93. The summed E-state index contributed by atoms with van der Waals surface area (Å²) in [7, 11) is -10.4. The number of guanidine groups is 1. The summed E-state index contributed by atoms with van der Waals surface area (Å²) < 4.78 is 22.9.